The van der Waals surface area contributed by atoms with Crippen LogP contribution >= 0.6 is 0 Å². The summed E-state index contributed by atoms with van der Waals surface area (Å²) >= 11 is 0. The number of nitrogens with zero attached hydrogens (tertiary/aromatic N) is 1. The fourth-order valence-corrected chi connectivity index (χ4v) is 3.35. The van der Waals surface area contributed by atoms with Crippen molar-refractivity contribution in [1.29, 1.82) is 0 Å². The second-order valence-electron chi connectivity index (χ2n) is 6.41. The van der Waals surface area contributed by atoms with Crippen molar-refractivity contribution < 1.29 is 4.42 Å². The van der Waals surface area contributed by atoms with Crippen LogP contribution in [0.1, 0.15) is 32.1 Å². The Labute approximate surface area is 142 Å². The molecule has 0 spiro atoms. The van der Waals surface area contributed by atoms with Crippen molar-refractivity contribution in [3.63, 3.8) is 0 Å². The second-order valence-corrected chi connectivity index (χ2v) is 6.41. The smallest absolute Gasteiger partial charge is 0.229 e. The van der Waals surface area contributed by atoms with E-state index in [0.717, 1.165) is 22.7 Å². The monoisotopic (exact) mass is 318 g/mol. The van der Waals surface area contributed by atoms with Crippen molar-refractivity contribution in [2.45, 2.75) is 38.1 Å². The van der Waals surface area contributed by atoms with Gasteiger partial charge in [0.05, 0.1) is 0 Å². The molecule has 1 N–H and O–H groups in total. The Morgan fingerprint density at radius 1 is 0.792 bits per heavy atom. The van der Waals surface area contributed by atoms with Crippen molar-refractivity contribution in [2.24, 2.45) is 0 Å². The third-order valence-electron chi connectivity index (χ3n) is 4.64. The molecule has 0 unspecified atom stereocenters. The van der Waals surface area contributed by atoms with E-state index in [4.69, 9.17) is 9.40 Å². The van der Waals surface area contributed by atoms with E-state index >= 15 is 0 Å². The van der Waals surface area contributed by atoms with Crippen LogP contribution in [0.25, 0.3) is 22.7 Å². The largest absolute Gasteiger partial charge is 0.420 e. The summed E-state index contributed by atoms with van der Waals surface area (Å²) in [5.41, 5.74) is 2.99. The van der Waals surface area contributed by atoms with E-state index in [-0.39, 0.29) is 0 Å². The molecule has 122 valence electrons. The Hall–Kier alpha value is -2.55. The van der Waals surface area contributed by atoms with E-state index in [0.29, 0.717) is 11.9 Å². The van der Waals surface area contributed by atoms with Gasteiger partial charge in [0, 0.05) is 17.2 Å². The average molecular weight is 318 g/mol. The molecular formula is C21H22N2O. The van der Waals surface area contributed by atoms with Crippen molar-refractivity contribution in [3.8, 4) is 22.7 Å². The average Bonchev–Trinajstić information content (AvgIpc) is 3.08. The van der Waals surface area contributed by atoms with E-state index in [1.54, 1.807) is 0 Å². The Balaban J connectivity index is 1.71. The fourth-order valence-electron chi connectivity index (χ4n) is 3.35. The summed E-state index contributed by atoms with van der Waals surface area (Å²) in [4.78, 5) is 4.79. The number of nitrogens with one attached hydrogen (secondary N) is 1. The Morgan fingerprint density at radius 3 is 2.08 bits per heavy atom. The van der Waals surface area contributed by atoms with Crippen LogP contribution in [0.4, 0.5) is 5.88 Å². The third kappa shape index (κ3) is 3.21. The molecule has 1 aromatic heterocycles. The summed E-state index contributed by atoms with van der Waals surface area (Å²) < 4.78 is 6.14. The Bertz CT molecular complexity index is 774. The first-order valence-electron chi connectivity index (χ1n) is 8.78. The minimum atomic E-state index is 0.484. The molecule has 1 aliphatic carbocycles. The summed E-state index contributed by atoms with van der Waals surface area (Å²) in [5, 5.41) is 3.61. The highest BCUT2D eigenvalue weighted by Gasteiger charge is 2.20. The molecule has 4 rings (SSSR count). The minimum absolute atomic E-state index is 0.484. The molecule has 0 aliphatic heterocycles. The van der Waals surface area contributed by atoms with Gasteiger partial charge in [0.1, 0.15) is 5.69 Å². The maximum absolute atomic E-state index is 6.14. The number of aromatic nitrogens is 1. The predicted molar refractivity (Wildman–Crippen MR) is 97.9 cm³/mol. The highest BCUT2D eigenvalue weighted by Crippen LogP contribution is 2.34. The molecule has 0 saturated heterocycles. The lowest BCUT2D eigenvalue weighted by molar-refractivity contribution is 0.451. The first kappa shape index (κ1) is 15.0. The molecule has 3 nitrogen and oxygen atoms in total. The van der Waals surface area contributed by atoms with Crippen LogP contribution in [0.5, 0.6) is 0 Å². The predicted octanol–water partition coefficient (Wildman–Crippen LogP) is 5.75. The molecule has 3 heteroatoms. The van der Waals surface area contributed by atoms with E-state index in [1.165, 1.54) is 32.1 Å². The third-order valence-corrected chi connectivity index (χ3v) is 4.64. The number of hydrogen-bond acceptors (Lipinski definition) is 3. The van der Waals surface area contributed by atoms with Crippen molar-refractivity contribution in [3.05, 3.63) is 60.7 Å². The van der Waals surface area contributed by atoms with Gasteiger partial charge < -0.3 is 9.73 Å². The van der Waals surface area contributed by atoms with Crippen LogP contribution in [0.2, 0.25) is 0 Å². The molecule has 1 heterocycles. The molecule has 0 bridgehead atoms. The second kappa shape index (κ2) is 6.91. The maximum atomic E-state index is 6.14. The fraction of sp³-hybridized carbons (Fsp3) is 0.286. The van der Waals surface area contributed by atoms with Gasteiger partial charge in [-0.25, -0.2) is 4.98 Å². The summed E-state index contributed by atoms with van der Waals surface area (Å²) in [5.74, 6) is 1.47. The SMILES string of the molecule is c1ccc(-c2nc(-c3ccccc3)c(NC3CCCCC3)o2)cc1. The first-order chi connectivity index (χ1) is 11.9. The van der Waals surface area contributed by atoms with Crippen LogP contribution in [0.3, 0.4) is 0 Å². The van der Waals surface area contributed by atoms with Gasteiger partial charge in [-0.05, 0) is 25.0 Å². The van der Waals surface area contributed by atoms with Crippen LogP contribution in [-0.2, 0) is 0 Å². The van der Waals surface area contributed by atoms with Gasteiger partial charge >= 0.3 is 0 Å². The van der Waals surface area contributed by atoms with Crippen LogP contribution in [0, 0.1) is 0 Å². The lowest BCUT2D eigenvalue weighted by Gasteiger charge is -2.22. The molecule has 3 aromatic rings. The van der Waals surface area contributed by atoms with E-state index < -0.39 is 0 Å². The van der Waals surface area contributed by atoms with Crippen molar-refractivity contribution in [2.75, 3.05) is 5.32 Å². The van der Waals surface area contributed by atoms with E-state index in [1.807, 2.05) is 48.5 Å². The van der Waals surface area contributed by atoms with Gasteiger partial charge in [0.15, 0.2) is 0 Å². The number of benzene rings is 2. The highest BCUT2D eigenvalue weighted by atomic mass is 16.4. The zero-order chi connectivity index (χ0) is 16.2. The molecule has 0 radical (unpaired) electrons. The topological polar surface area (TPSA) is 38.1 Å². The summed E-state index contributed by atoms with van der Waals surface area (Å²) in [6, 6.07) is 20.8. The van der Waals surface area contributed by atoms with Crippen LogP contribution in [-0.4, -0.2) is 11.0 Å². The normalized spacial score (nSPS) is 15.3. The molecule has 1 fully saturated rings. The van der Waals surface area contributed by atoms with Crippen LogP contribution in [0.15, 0.2) is 65.1 Å². The quantitative estimate of drug-likeness (QED) is 0.665. The molecule has 1 saturated carbocycles. The highest BCUT2D eigenvalue weighted by molar-refractivity contribution is 5.73. The van der Waals surface area contributed by atoms with Gasteiger partial charge in [-0.1, -0.05) is 67.8 Å². The lowest BCUT2D eigenvalue weighted by atomic mass is 9.95. The first-order valence-corrected chi connectivity index (χ1v) is 8.78. The van der Waals surface area contributed by atoms with Crippen molar-refractivity contribution in [1.82, 2.24) is 4.98 Å². The zero-order valence-electron chi connectivity index (χ0n) is 13.7. The number of anilines is 1. The molecule has 1 aliphatic rings. The Morgan fingerprint density at radius 2 is 1.42 bits per heavy atom. The van der Waals surface area contributed by atoms with Gasteiger partial charge in [-0.2, -0.15) is 0 Å². The zero-order valence-corrected chi connectivity index (χ0v) is 13.7. The number of oxazole rings is 1. The molecule has 0 atom stereocenters. The van der Waals surface area contributed by atoms with Gasteiger partial charge in [0.25, 0.3) is 0 Å². The molecule has 0 amide bonds. The summed E-state index contributed by atoms with van der Waals surface area (Å²) in [6.07, 6.45) is 6.33. The van der Waals surface area contributed by atoms with Gasteiger partial charge in [-0.3, -0.25) is 0 Å². The maximum Gasteiger partial charge on any atom is 0.229 e. The van der Waals surface area contributed by atoms with Crippen LogP contribution < -0.4 is 5.32 Å². The lowest BCUT2D eigenvalue weighted by Crippen LogP contribution is -2.22. The standard InChI is InChI=1S/C21H22N2O/c1-4-10-16(11-5-1)19-21(22-18-14-8-3-9-15-18)24-20(23-19)17-12-6-2-7-13-17/h1-2,4-7,10-13,18,22H,3,8-9,14-15H2. The van der Waals surface area contributed by atoms with Gasteiger partial charge in [0.2, 0.25) is 11.8 Å². The minimum Gasteiger partial charge on any atom is -0.420 e. The van der Waals surface area contributed by atoms with E-state index in [9.17, 15) is 0 Å². The number of rotatable bonds is 4. The summed E-state index contributed by atoms with van der Waals surface area (Å²) in [6.45, 7) is 0. The summed E-state index contributed by atoms with van der Waals surface area (Å²) in [7, 11) is 0. The van der Waals surface area contributed by atoms with E-state index in [2.05, 4.69) is 17.4 Å². The molecule has 2 aromatic carbocycles. The van der Waals surface area contributed by atoms with Crippen molar-refractivity contribution >= 4 is 5.88 Å². The van der Waals surface area contributed by atoms with Gasteiger partial charge in [-0.15, -0.1) is 0 Å². The molecular weight excluding hydrogens is 296 g/mol. The Kier molecular flexibility index (Phi) is 4.32. The molecule has 24 heavy (non-hydrogen) atoms. The number of hydrogen-bond donors (Lipinski definition) is 1.